The fraction of sp³-hybridized carbons (Fsp3) is 0.208. The summed E-state index contributed by atoms with van der Waals surface area (Å²) in [5.74, 6) is -0.219. The van der Waals surface area contributed by atoms with Gasteiger partial charge in [0.05, 0.1) is 0 Å². The Kier molecular flexibility index (Phi) is 4.35. The largest absolute Gasteiger partial charge is 0.350 e. The molecule has 3 aromatic rings. The SMILES string of the molecule is O=C(NCc1cccnc1)C1C(c2ccc3ccccc3c2)=CC(=O)N1C1CC1. The molecule has 2 amide bonds. The number of nitrogens with zero attached hydrogens (tertiary/aromatic N) is 2. The normalized spacial score (nSPS) is 18.8. The summed E-state index contributed by atoms with van der Waals surface area (Å²) in [6, 6.07) is 17.5. The summed E-state index contributed by atoms with van der Waals surface area (Å²) in [5.41, 5.74) is 2.62. The highest BCUT2D eigenvalue weighted by atomic mass is 16.2. The van der Waals surface area contributed by atoms with E-state index in [2.05, 4.69) is 22.4 Å². The van der Waals surface area contributed by atoms with E-state index in [0.29, 0.717) is 6.54 Å². The van der Waals surface area contributed by atoms with Crippen molar-refractivity contribution in [1.82, 2.24) is 15.2 Å². The smallest absolute Gasteiger partial charge is 0.248 e. The second kappa shape index (κ2) is 7.17. The number of rotatable bonds is 5. The third kappa shape index (κ3) is 3.40. The van der Waals surface area contributed by atoms with Crippen LogP contribution in [0.1, 0.15) is 24.0 Å². The Balaban J connectivity index is 1.46. The van der Waals surface area contributed by atoms with Gasteiger partial charge in [-0.05, 0) is 52.4 Å². The highest BCUT2D eigenvalue weighted by molar-refractivity contribution is 6.11. The fourth-order valence-corrected chi connectivity index (χ4v) is 3.97. The first-order valence-corrected chi connectivity index (χ1v) is 9.90. The number of hydrogen-bond donors (Lipinski definition) is 1. The number of aromatic nitrogens is 1. The van der Waals surface area contributed by atoms with E-state index in [0.717, 1.165) is 40.3 Å². The summed E-state index contributed by atoms with van der Waals surface area (Å²) in [5, 5.41) is 5.23. The van der Waals surface area contributed by atoms with Crippen LogP contribution < -0.4 is 5.32 Å². The molecule has 0 bridgehead atoms. The van der Waals surface area contributed by atoms with Crippen molar-refractivity contribution in [3.8, 4) is 0 Å². The molecule has 1 atom stereocenters. The van der Waals surface area contributed by atoms with Gasteiger partial charge in [-0.25, -0.2) is 0 Å². The molecule has 29 heavy (non-hydrogen) atoms. The molecular weight excluding hydrogens is 362 g/mol. The van der Waals surface area contributed by atoms with Crippen LogP contribution in [0, 0.1) is 0 Å². The zero-order chi connectivity index (χ0) is 19.8. The Morgan fingerprint density at radius 1 is 1.07 bits per heavy atom. The monoisotopic (exact) mass is 383 g/mol. The first kappa shape index (κ1) is 17.6. The van der Waals surface area contributed by atoms with Gasteiger partial charge in [0, 0.05) is 31.1 Å². The van der Waals surface area contributed by atoms with Crippen LogP contribution in [-0.4, -0.2) is 33.8 Å². The molecule has 1 saturated carbocycles. The van der Waals surface area contributed by atoms with E-state index in [-0.39, 0.29) is 17.9 Å². The lowest BCUT2D eigenvalue weighted by Gasteiger charge is -2.26. The summed E-state index contributed by atoms with van der Waals surface area (Å²) in [4.78, 5) is 31.8. The number of fused-ring (bicyclic) bond motifs is 1. The predicted octanol–water partition coefficient (Wildman–Crippen LogP) is 3.31. The number of carbonyl (C=O) groups is 2. The van der Waals surface area contributed by atoms with Crippen molar-refractivity contribution in [3.05, 3.63) is 84.2 Å². The molecule has 5 heteroatoms. The standard InChI is InChI=1S/C24H21N3O2/c28-22-13-21(19-8-7-17-5-1-2-6-18(17)12-19)23(27(22)20-9-10-20)24(29)26-15-16-4-3-11-25-14-16/h1-8,11-14,20,23H,9-10,15H2,(H,26,29). The minimum Gasteiger partial charge on any atom is -0.350 e. The van der Waals surface area contributed by atoms with E-state index in [4.69, 9.17) is 0 Å². The number of carbonyl (C=O) groups excluding carboxylic acids is 2. The van der Waals surface area contributed by atoms with Crippen molar-refractivity contribution in [2.45, 2.75) is 31.5 Å². The molecule has 1 aliphatic carbocycles. The van der Waals surface area contributed by atoms with Gasteiger partial charge in [-0.1, -0.05) is 42.5 Å². The number of hydrogen-bond acceptors (Lipinski definition) is 3. The van der Waals surface area contributed by atoms with E-state index < -0.39 is 6.04 Å². The molecule has 1 unspecified atom stereocenters. The predicted molar refractivity (Wildman–Crippen MR) is 112 cm³/mol. The molecule has 2 aliphatic rings. The molecule has 0 saturated heterocycles. The van der Waals surface area contributed by atoms with Gasteiger partial charge in [-0.3, -0.25) is 14.6 Å². The van der Waals surface area contributed by atoms with Gasteiger partial charge in [-0.2, -0.15) is 0 Å². The van der Waals surface area contributed by atoms with Crippen LogP contribution in [0.2, 0.25) is 0 Å². The first-order chi connectivity index (χ1) is 14.2. The van der Waals surface area contributed by atoms with Gasteiger partial charge in [-0.15, -0.1) is 0 Å². The van der Waals surface area contributed by atoms with Crippen LogP contribution in [0.15, 0.2) is 73.1 Å². The third-order valence-corrected chi connectivity index (χ3v) is 5.57. The number of pyridine rings is 1. The fourth-order valence-electron chi connectivity index (χ4n) is 3.97. The zero-order valence-corrected chi connectivity index (χ0v) is 15.9. The van der Waals surface area contributed by atoms with E-state index >= 15 is 0 Å². The summed E-state index contributed by atoms with van der Waals surface area (Å²) in [6.45, 7) is 0.390. The number of nitrogens with one attached hydrogen (secondary N) is 1. The van der Waals surface area contributed by atoms with E-state index in [1.165, 1.54) is 0 Å². The molecule has 5 nitrogen and oxygen atoms in total. The van der Waals surface area contributed by atoms with Crippen LogP contribution >= 0.6 is 0 Å². The van der Waals surface area contributed by atoms with Crippen molar-refractivity contribution >= 4 is 28.2 Å². The van der Waals surface area contributed by atoms with Crippen LogP contribution in [-0.2, 0) is 16.1 Å². The number of amides is 2. The molecule has 1 N–H and O–H groups in total. The first-order valence-electron chi connectivity index (χ1n) is 9.90. The Morgan fingerprint density at radius 2 is 1.90 bits per heavy atom. The lowest BCUT2D eigenvalue weighted by Crippen LogP contribution is -2.47. The van der Waals surface area contributed by atoms with Crippen LogP contribution in [0.4, 0.5) is 0 Å². The van der Waals surface area contributed by atoms with Gasteiger partial charge in [0.15, 0.2) is 0 Å². The lowest BCUT2D eigenvalue weighted by molar-refractivity contribution is -0.134. The molecule has 2 aromatic carbocycles. The Bertz CT molecular complexity index is 1120. The summed E-state index contributed by atoms with van der Waals surface area (Å²) < 4.78 is 0. The highest BCUT2D eigenvalue weighted by Crippen LogP contribution is 2.38. The second-order valence-corrected chi connectivity index (χ2v) is 7.62. The maximum atomic E-state index is 13.2. The van der Waals surface area contributed by atoms with E-state index in [9.17, 15) is 9.59 Å². The molecule has 1 aromatic heterocycles. The number of benzene rings is 2. The quantitative estimate of drug-likeness (QED) is 0.735. The second-order valence-electron chi connectivity index (χ2n) is 7.62. The Labute approximate surface area is 169 Å². The van der Waals surface area contributed by atoms with Gasteiger partial charge < -0.3 is 10.2 Å². The van der Waals surface area contributed by atoms with Crippen molar-refractivity contribution in [3.63, 3.8) is 0 Å². The lowest BCUT2D eigenvalue weighted by atomic mass is 9.96. The summed E-state index contributed by atoms with van der Waals surface area (Å²) in [7, 11) is 0. The van der Waals surface area contributed by atoms with Crippen LogP contribution in [0.5, 0.6) is 0 Å². The highest BCUT2D eigenvalue weighted by Gasteiger charge is 2.45. The zero-order valence-electron chi connectivity index (χ0n) is 15.9. The summed E-state index contributed by atoms with van der Waals surface area (Å²) in [6.07, 6.45) is 6.99. The van der Waals surface area contributed by atoms with Crippen LogP contribution in [0.25, 0.3) is 16.3 Å². The molecule has 0 spiro atoms. The van der Waals surface area contributed by atoms with Gasteiger partial charge >= 0.3 is 0 Å². The molecule has 144 valence electrons. The van der Waals surface area contributed by atoms with Gasteiger partial charge in [0.25, 0.3) is 0 Å². The minimum absolute atomic E-state index is 0.0720. The molecule has 1 aliphatic heterocycles. The average molecular weight is 383 g/mol. The van der Waals surface area contributed by atoms with E-state index in [1.54, 1.807) is 23.4 Å². The van der Waals surface area contributed by atoms with Crippen molar-refractivity contribution in [1.29, 1.82) is 0 Å². The Morgan fingerprint density at radius 3 is 2.66 bits per heavy atom. The van der Waals surface area contributed by atoms with Gasteiger partial charge in [0.1, 0.15) is 6.04 Å². The van der Waals surface area contributed by atoms with Crippen LogP contribution in [0.3, 0.4) is 0 Å². The van der Waals surface area contributed by atoms with E-state index in [1.807, 2.05) is 42.5 Å². The summed E-state index contributed by atoms with van der Waals surface area (Å²) >= 11 is 0. The molecule has 2 heterocycles. The molecular formula is C24H21N3O2. The third-order valence-electron chi connectivity index (χ3n) is 5.57. The van der Waals surface area contributed by atoms with Crippen molar-refractivity contribution in [2.75, 3.05) is 0 Å². The molecule has 5 rings (SSSR count). The Hall–Kier alpha value is -3.47. The maximum absolute atomic E-state index is 13.2. The van der Waals surface area contributed by atoms with Crippen molar-refractivity contribution in [2.24, 2.45) is 0 Å². The minimum atomic E-state index is -0.590. The molecule has 0 radical (unpaired) electrons. The topological polar surface area (TPSA) is 62.3 Å². The average Bonchev–Trinajstić information content (AvgIpc) is 3.54. The maximum Gasteiger partial charge on any atom is 0.248 e. The van der Waals surface area contributed by atoms with Gasteiger partial charge in [0.2, 0.25) is 11.8 Å². The molecule has 1 fully saturated rings. The van der Waals surface area contributed by atoms with Crippen molar-refractivity contribution < 1.29 is 9.59 Å².